The van der Waals surface area contributed by atoms with Gasteiger partial charge in [0.1, 0.15) is 5.69 Å². The highest BCUT2D eigenvalue weighted by atomic mass is 32.2. The van der Waals surface area contributed by atoms with Crippen molar-refractivity contribution in [2.45, 2.75) is 17.7 Å². The van der Waals surface area contributed by atoms with Crippen molar-refractivity contribution in [2.24, 2.45) is 11.1 Å². The van der Waals surface area contributed by atoms with Gasteiger partial charge in [0.2, 0.25) is 10.0 Å². The number of nitrogens with one attached hydrogen (secondary N) is 1. The van der Waals surface area contributed by atoms with Crippen LogP contribution in [0.2, 0.25) is 0 Å². The first-order valence-corrected chi connectivity index (χ1v) is 11.3. The molecule has 1 aliphatic heterocycles. The summed E-state index contributed by atoms with van der Waals surface area (Å²) in [5, 5.41) is 19.2. The summed E-state index contributed by atoms with van der Waals surface area (Å²) < 4.78 is 22.6. The molecule has 1 aromatic rings. The Hall–Kier alpha value is -1.28. The number of primary sulfonamides is 1. The highest BCUT2D eigenvalue weighted by Gasteiger charge is 2.27. The van der Waals surface area contributed by atoms with Crippen molar-refractivity contribution in [3.8, 4) is 0 Å². The van der Waals surface area contributed by atoms with E-state index in [4.69, 9.17) is 5.14 Å². The van der Waals surface area contributed by atoms with Gasteiger partial charge in [-0.3, -0.25) is 10.1 Å². The Kier molecular flexibility index (Phi) is 5.25. The molecule has 1 aliphatic rings. The smallest absolute Gasteiger partial charge is 0.293 e. The standard InChI is InChI=1S/C13H21N3O5PS/c1-22(19)6-4-10(5-7-22)9-15-12-3-2-11(23(14,20)21)8-13(12)16(17)18/h2-3,8,10,15,19H,4-7,9H2,1H3,(H2,14,20,21). The van der Waals surface area contributed by atoms with Crippen LogP contribution < -0.4 is 10.5 Å². The monoisotopic (exact) mass is 362 g/mol. The van der Waals surface area contributed by atoms with E-state index in [2.05, 4.69) is 5.32 Å². The van der Waals surface area contributed by atoms with Crippen LogP contribution in [0.5, 0.6) is 0 Å². The van der Waals surface area contributed by atoms with Crippen LogP contribution in [0.1, 0.15) is 12.8 Å². The van der Waals surface area contributed by atoms with E-state index in [1.54, 1.807) is 0 Å². The summed E-state index contributed by atoms with van der Waals surface area (Å²) in [6.07, 6.45) is 3.39. The first kappa shape index (κ1) is 18.1. The minimum absolute atomic E-state index is 0.273. The van der Waals surface area contributed by atoms with E-state index in [9.17, 15) is 23.4 Å². The van der Waals surface area contributed by atoms with E-state index < -0.39 is 22.4 Å². The lowest BCUT2D eigenvalue weighted by Crippen LogP contribution is -2.23. The Bertz CT molecular complexity index is 698. The van der Waals surface area contributed by atoms with Crippen molar-refractivity contribution < 1.29 is 18.2 Å². The van der Waals surface area contributed by atoms with Crippen LogP contribution in [0.4, 0.5) is 11.4 Å². The van der Waals surface area contributed by atoms with Crippen LogP contribution in [0.15, 0.2) is 23.1 Å². The fourth-order valence-corrected chi connectivity index (χ4v) is 5.22. The molecule has 0 bridgehead atoms. The van der Waals surface area contributed by atoms with Crippen LogP contribution >= 0.6 is 7.49 Å². The van der Waals surface area contributed by atoms with Gasteiger partial charge in [-0.05, 0) is 57.4 Å². The van der Waals surface area contributed by atoms with Crippen molar-refractivity contribution in [3.63, 3.8) is 0 Å². The minimum atomic E-state index is -3.98. The van der Waals surface area contributed by atoms with Gasteiger partial charge >= 0.3 is 0 Å². The van der Waals surface area contributed by atoms with Gasteiger partial charge in [-0.2, -0.15) is 0 Å². The van der Waals surface area contributed by atoms with Crippen molar-refractivity contribution in [1.82, 2.24) is 0 Å². The third-order valence-electron chi connectivity index (χ3n) is 4.11. The number of nitrogens with zero attached hydrogens (tertiary/aromatic N) is 1. The van der Waals surface area contributed by atoms with Gasteiger partial charge in [-0.1, -0.05) is 0 Å². The summed E-state index contributed by atoms with van der Waals surface area (Å²) in [6.45, 7) is 2.48. The molecular weight excluding hydrogens is 341 g/mol. The number of benzene rings is 1. The Morgan fingerprint density at radius 3 is 2.57 bits per heavy atom. The first-order chi connectivity index (χ1) is 10.6. The summed E-state index contributed by atoms with van der Waals surface area (Å²) in [4.78, 5) is 20.3. The van der Waals surface area contributed by atoms with Crippen LogP contribution in [0.25, 0.3) is 0 Å². The van der Waals surface area contributed by atoms with Gasteiger partial charge in [-0.25, -0.2) is 13.6 Å². The molecular formula is C13H21N3O5PS. The Morgan fingerprint density at radius 2 is 2.04 bits per heavy atom. The molecule has 0 amide bonds. The van der Waals surface area contributed by atoms with Crippen LogP contribution in [-0.2, 0) is 10.0 Å². The van der Waals surface area contributed by atoms with E-state index in [0.717, 1.165) is 31.2 Å². The number of hydrogen-bond acceptors (Lipinski definition) is 6. The number of hydrogen-bond donors (Lipinski definition) is 3. The molecule has 1 radical (unpaired) electrons. The zero-order valence-electron chi connectivity index (χ0n) is 12.8. The topological polar surface area (TPSA) is 136 Å². The minimum Gasteiger partial charge on any atom is -0.380 e. The molecule has 0 aromatic heterocycles. The summed E-state index contributed by atoms with van der Waals surface area (Å²) in [7, 11) is -5.72. The number of nitro groups is 1. The molecule has 10 heteroatoms. The van der Waals surface area contributed by atoms with Gasteiger partial charge in [0.25, 0.3) is 5.69 Å². The molecule has 0 unspecified atom stereocenters. The maximum atomic E-state index is 11.3. The normalized spacial score (nSPS) is 25.1. The molecule has 129 valence electrons. The largest absolute Gasteiger partial charge is 0.380 e. The highest BCUT2D eigenvalue weighted by molar-refractivity contribution is 7.89. The first-order valence-electron chi connectivity index (χ1n) is 7.21. The van der Waals surface area contributed by atoms with Gasteiger partial charge < -0.3 is 10.2 Å². The zero-order valence-corrected chi connectivity index (χ0v) is 14.5. The fourth-order valence-electron chi connectivity index (χ4n) is 2.62. The van der Waals surface area contributed by atoms with Crippen molar-refractivity contribution in [1.29, 1.82) is 0 Å². The predicted octanol–water partition coefficient (Wildman–Crippen LogP) is 1.62. The lowest BCUT2D eigenvalue weighted by Gasteiger charge is -2.34. The summed E-state index contributed by atoms with van der Waals surface area (Å²) in [6, 6.07) is 3.58. The van der Waals surface area contributed by atoms with Crippen LogP contribution in [0.3, 0.4) is 0 Å². The maximum absolute atomic E-state index is 11.3. The third-order valence-corrected chi connectivity index (χ3v) is 7.47. The number of anilines is 1. The Morgan fingerprint density at radius 1 is 1.43 bits per heavy atom. The van der Waals surface area contributed by atoms with Gasteiger partial charge in [-0.15, -0.1) is 0 Å². The van der Waals surface area contributed by atoms with Gasteiger partial charge in [0, 0.05) is 12.6 Å². The molecule has 4 N–H and O–H groups in total. The number of nitrogens with two attached hydrogens (primary N) is 1. The second kappa shape index (κ2) is 6.68. The van der Waals surface area contributed by atoms with E-state index in [0.29, 0.717) is 12.5 Å². The van der Waals surface area contributed by atoms with Gasteiger partial charge in [0.05, 0.1) is 9.82 Å². The number of rotatable bonds is 5. The molecule has 0 spiro atoms. The zero-order chi connectivity index (χ0) is 17.3. The molecule has 1 aromatic carbocycles. The molecule has 0 atom stereocenters. The molecule has 23 heavy (non-hydrogen) atoms. The third kappa shape index (κ3) is 4.84. The van der Waals surface area contributed by atoms with E-state index in [-0.39, 0.29) is 16.3 Å². The molecule has 1 heterocycles. The highest BCUT2D eigenvalue weighted by Crippen LogP contribution is 2.55. The van der Waals surface area contributed by atoms with Crippen LogP contribution in [-0.4, -0.2) is 43.8 Å². The Balaban J connectivity index is 2.09. The SMILES string of the molecule is C[P]1(O)CCC(CNc2ccc(S(N)(=O)=O)cc2[N+](=O)[O-])CC1. The second-order valence-electron chi connectivity index (χ2n) is 6.09. The number of sulfonamides is 1. The average molecular weight is 362 g/mol. The molecule has 0 saturated carbocycles. The lowest BCUT2D eigenvalue weighted by molar-refractivity contribution is -0.384. The predicted molar refractivity (Wildman–Crippen MR) is 90.5 cm³/mol. The average Bonchev–Trinajstić information content (AvgIpc) is 2.45. The maximum Gasteiger partial charge on any atom is 0.293 e. The van der Waals surface area contributed by atoms with Crippen molar-refractivity contribution in [2.75, 3.05) is 30.9 Å². The molecule has 8 nitrogen and oxygen atoms in total. The van der Waals surface area contributed by atoms with E-state index in [1.165, 1.54) is 12.1 Å². The lowest BCUT2D eigenvalue weighted by atomic mass is 10.0. The summed E-state index contributed by atoms with van der Waals surface area (Å²) in [5.41, 5.74) is -0.0404. The Labute approximate surface area is 135 Å². The van der Waals surface area contributed by atoms with Crippen LogP contribution in [0, 0.1) is 16.0 Å². The van der Waals surface area contributed by atoms with Crippen molar-refractivity contribution >= 4 is 28.9 Å². The fraction of sp³-hybridized carbons (Fsp3) is 0.538. The van der Waals surface area contributed by atoms with Crippen molar-refractivity contribution in [3.05, 3.63) is 28.3 Å². The molecule has 1 saturated heterocycles. The second-order valence-corrected chi connectivity index (χ2v) is 11.2. The summed E-state index contributed by atoms with van der Waals surface area (Å²) in [5.74, 6) is 0.341. The van der Waals surface area contributed by atoms with E-state index in [1.807, 2.05) is 6.66 Å². The molecule has 2 rings (SSSR count). The molecule has 1 fully saturated rings. The number of nitro benzene ring substituents is 1. The van der Waals surface area contributed by atoms with E-state index >= 15 is 0 Å². The quantitative estimate of drug-likeness (QED) is 0.414. The van der Waals surface area contributed by atoms with Gasteiger partial charge in [0.15, 0.2) is 0 Å². The molecule has 0 aliphatic carbocycles. The summed E-state index contributed by atoms with van der Waals surface area (Å²) >= 11 is 0.